The first-order chi connectivity index (χ1) is 9.04. The molecule has 1 rings (SSSR count). The molecule has 1 aromatic rings. The molecule has 6 heteroatoms. The predicted molar refractivity (Wildman–Crippen MR) is 75.1 cm³/mol. The molecular formula is C13H22N4O2. The maximum Gasteiger partial charge on any atom is 0.293 e. The lowest BCUT2D eigenvalue weighted by Gasteiger charge is -2.09. The number of rotatable bonds is 7. The minimum Gasteiger partial charge on any atom is -0.365 e. The van der Waals surface area contributed by atoms with Crippen molar-refractivity contribution in [1.82, 2.24) is 14.9 Å². The van der Waals surface area contributed by atoms with E-state index < -0.39 is 0 Å². The molecule has 1 heterocycles. The molecule has 19 heavy (non-hydrogen) atoms. The van der Waals surface area contributed by atoms with Crippen LogP contribution in [0.2, 0.25) is 0 Å². The summed E-state index contributed by atoms with van der Waals surface area (Å²) in [4.78, 5) is 27.3. The number of hydrogen-bond acceptors (Lipinski definition) is 4. The first-order valence-corrected chi connectivity index (χ1v) is 6.60. The average Bonchev–Trinajstić information content (AvgIpc) is 2.38. The van der Waals surface area contributed by atoms with Gasteiger partial charge in [-0.1, -0.05) is 13.8 Å². The van der Waals surface area contributed by atoms with Crippen LogP contribution in [0.3, 0.4) is 0 Å². The third-order valence-electron chi connectivity index (χ3n) is 2.61. The Morgan fingerprint density at radius 1 is 1.47 bits per heavy atom. The molecule has 106 valence electrons. The molecule has 1 aromatic heterocycles. The summed E-state index contributed by atoms with van der Waals surface area (Å²) in [6.45, 7) is 7.65. The Morgan fingerprint density at radius 2 is 2.21 bits per heavy atom. The fraction of sp³-hybridized carbons (Fsp3) is 0.615. The van der Waals surface area contributed by atoms with E-state index >= 15 is 0 Å². The van der Waals surface area contributed by atoms with Crippen molar-refractivity contribution in [3.8, 4) is 0 Å². The van der Waals surface area contributed by atoms with Gasteiger partial charge in [-0.3, -0.25) is 9.59 Å². The van der Waals surface area contributed by atoms with Gasteiger partial charge in [0, 0.05) is 38.4 Å². The van der Waals surface area contributed by atoms with E-state index in [0.29, 0.717) is 37.8 Å². The number of carbonyl (C=O) groups excluding carboxylic acids is 1. The average molecular weight is 266 g/mol. The second-order valence-electron chi connectivity index (χ2n) is 4.74. The Hall–Kier alpha value is -1.85. The van der Waals surface area contributed by atoms with Gasteiger partial charge in [-0.05, 0) is 12.8 Å². The highest BCUT2D eigenvalue weighted by Gasteiger charge is 2.05. The quantitative estimate of drug-likeness (QED) is 0.766. The van der Waals surface area contributed by atoms with Gasteiger partial charge in [-0.25, -0.2) is 4.98 Å². The van der Waals surface area contributed by atoms with Gasteiger partial charge in [0.25, 0.3) is 5.56 Å². The summed E-state index contributed by atoms with van der Waals surface area (Å²) in [6.07, 6.45) is 3.55. The van der Waals surface area contributed by atoms with Crippen LogP contribution < -0.4 is 16.2 Å². The summed E-state index contributed by atoms with van der Waals surface area (Å²) in [5.41, 5.74) is -0.160. The van der Waals surface area contributed by atoms with Crippen molar-refractivity contribution in [3.05, 3.63) is 22.7 Å². The second kappa shape index (κ2) is 7.56. The maximum absolute atomic E-state index is 11.8. The maximum atomic E-state index is 11.8. The molecule has 0 fully saturated rings. The molecular weight excluding hydrogens is 244 g/mol. The highest BCUT2D eigenvalue weighted by atomic mass is 16.1. The van der Waals surface area contributed by atoms with E-state index in [4.69, 9.17) is 0 Å². The molecule has 0 radical (unpaired) electrons. The number of carbonyl (C=O) groups is 1. The van der Waals surface area contributed by atoms with Crippen molar-refractivity contribution in [2.24, 2.45) is 5.92 Å². The minimum absolute atomic E-state index is 0.0204. The summed E-state index contributed by atoms with van der Waals surface area (Å²) in [6, 6.07) is 0. The van der Waals surface area contributed by atoms with Crippen molar-refractivity contribution < 1.29 is 4.79 Å². The van der Waals surface area contributed by atoms with Crippen LogP contribution in [0.15, 0.2) is 17.2 Å². The third-order valence-corrected chi connectivity index (χ3v) is 2.61. The minimum atomic E-state index is -0.160. The summed E-state index contributed by atoms with van der Waals surface area (Å²) >= 11 is 0. The monoisotopic (exact) mass is 266 g/mol. The van der Waals surface area contributed by atoms with Crippen LogP contribution in [0.1, 0.15) is 27.2 Å². The van der Waals surface area contributed by atoms with Gasteiger partial charge in [0.2, 0.25) is 5.91 Å². The summed E-state index contributed by atoms with van der Waals surface area (Å²) in [5.74, 6) is 0.707. The van der Waals surface area contributed by atoms with E-state index in [1.165, 1.54) is 0 Å². The summed E-state index contributed by atoms with van der Waals surface area (Å²) < 4.78 is 1.56. The lowest BCUT2D eigenvalue weighted by molar-refractivity contribution is -0.120. The van der Waals surface area contributed by atoms with Crippen molar-refractivity contribution in [2.45, 2.75) is 33.7 Å². The van der Waals surface area contributed by atoms with Gasteiger partial charge in [-0.15, -0.1) is 0 Å². The Morgan fingerprint density at radius 3 is 2.84 bits per heavy atom. The zero-order chi connectivity index (χ0) is 14.3. The number of amides is 1. The smallest absolute Gasteiger partial charge is 0.293 e. The van der Waals surface area contributed by atoms with Crippen LogP contribution in [0.25, 0.3) is 0 Å². The Labute approximate surface area is 113 Å². The lowest BCUT2D eigenvalue weighted by Crippen LogP contribution is -2.30. The van der Waals surface area contributed by atoms with Crippen LogP contribution in [0, 0.1) is 5.92 Å². The largest absolute Gasteiger partial charge is 0.365 e. The molecule has 0 bridgehead atoms. The highest BCUT2D eigenvalue weighted by molar-refractivity contribution is 5.76. The molecule has 0 spiro atoms. The molecule has 0 aliphatic rings. The van der Waals surface area contributed by atoms with Crippen LogP contribution in [-0.4, -0.2) is 28.5 Å². The van der Waals surface area contributed by atoms with E-state index in [0.717, 1.165) is 0 Å². The van der Waals surface area contributed by atoms with Gasteiger partial charge in [-0.2, -0.15) is 0 Å². The number of aromatic nitrogens is 2. The molecule has 1 amide bonds. The Kier molecular flexibility index (Phi) is 6.05. The molecule has 0 aliphatic carbocycles. The molecule has 0 aromatic carbocycles. The number of nitrogens with zero attached hydrogens (tertiary/aromatic N) is 2. The fourth-order valence-corrected chi connectivity index (χ4v) is 1.52. The Bertz CT molecular complexity index is 468. The fourth-order valence-electron chi connectivity index (χ4n) is 1.52. The molecule has 0 aliphatic heterocycles. The topological polar surface area (TPSA) is 76.0 Å². The van der Waals surface area contributed by atoms with E-state index in [9.17, 15) is 9.59 Å². The molecule has 0 atom stereocenters. The first kappa shape index (κ1) is 15.2. The standard InChI is InChI=1S/C13H22N4O2/c1-4-17-8-7-15-12(13(17)19)14-6-5-11(18)16-9-10(2)3/h7-8,10H,4-6,9H2,1-3H3,(H,14,15)(H,16,18). The zero-order valence-electron chi connectivity index (χ0n) is 11.8. The normalized spacial score (nSPS) is 10.5. The zero-order valence-corrected chi connectivity index (χ0v) is 11.8. The SMILES string of the molecule is CCn1ccnc(NCCC(=O)NCC(C)C)c1=O. The van der Waals surface area contributed by atoms with E-state index in [2.05, 4.69) is 15.6 Å². The van der Waals surface area contributed by atoms with Gasteiger partial charge in [0.15, 0.2) is 5.82 Å². The lowest BCUT2D eigenvalue weighted by atomic mass is 10.2. The van der Waals surface area contributed by atoms with E-state index in [-0.39, 0.29) is 11.5 Å². The number of aryl methyl sites for hydroxylation is 1. The van der Waals surface area contributed by atoms with Crippen molar-refractivity contribution >= 4 is 11.7 Å². The van der Waals surface area contributed by atoms with Gasteiger partial charge in [0.05, 0.1) is 0 Å². The number of anilines is 1. The van der Waals surface area contributed by atoms with Crippen LogP contribution in [-0.2, 0) is 11.3 Å². The number of hydrogen-bond donors (Lipinski definition) is 2. The van der Waals surface area contributed by atoms with Crippen molar-refractivity contribution in [3.63, 3.8) is 0 Å². The van der Waals surface area contributed by atoms with E-state index in [1.54, 1.807) is 17.0 Å². The highest BCUT2D eigenvalue weighted by Crippen LogP contribution is 1.94. The van der Waals surface area contributed by atoms with Crippen LogP contribution in [0.4, 0.5) is 5.82 Å². The molecule has 2 N–H and O–H groups in total. The second-order valence-corrected chi connectivity index (χ2v) is 4.74. The van der Waals surface area contributed by atoms with Crippen LogP contribution >= 0.6 is 0 Å². The van der Waals surface area contributed by atoms with Crippen molar-refractivity contribution in [1.29, 1.82) is 0 Å². The van der Waals surface area contributed by atoms with Crippen LogP contribution in [0.5, 0.6) is 0 Å². The van der Waals surface area contributed by atoms with Gasteiger partial charge in [0.1, 0.15) is 0 Å². The van der Waals surface area contributed by atoms with Crippen molar-refractivity contribution in [2.75, 3.05) is 18.4 Å². The third kappa shape index (κ3) is 5.11. The molecule has 0 saturated heterocycles. The summed E-state index contributed by atoms with van der Waals surface area (Å²) in [5, 5.41) is 5.72. The van der Waals surface area contributed by atoms with E-state index in [1.807, 2.05) is 20.8 Å². The van der Waals surface area contributed by atoms with Gasteiger partial charge < -0.3 is 15.2 Å². The first-order valence-electron chi connectivity index (χ1n) is 6.60. The van der Waals surface area contributed by atoms with Gasteiger partial charge >= 0.3 is 0 Å². The molecule has 0 saturated carbocycles. The molecule has 0 unspecified atom stereocenters. The number of nitrogens with one attached hydrogen (secondary N) is 2. The predicted octanol–water partition coefficient (Wildman–Crippen LogP) is 0.837. The molecule has 6 nitrogen and oxygen atoms in total. The Balaban J connectivity index is 2.41. The summed E-state index contributed by atoms with van der Waals surface area (Å²) in [7, 11) is 0.